The SMILES string of the molecule is Cc1ccc(-c2cc(C(=O)NCCc3ccccn3)n(-c3ccccc3Cl)n2)o1. The standard InChI is InChI=1S/C22H19ClN4O2/c1-15-9-10-21(29-15)18-14-20(27(26-18)19-8-3-2-7-17(19)23)22(28)25-13-11-16-6-4-5-12-24-16/h2-10,12,14H,11,13H2,1H3,(H,25,28). The molecule has 0 atom stereocenters. The molecule has 1 N–H and O–H groups in total. The van der Waals surface area contributed by atoms with E-state index in [2.05, 4.69) is 15.4 Å². The monoisotopic (exact) mass is 406 g/mol. The lowest BCUT2D eigenvalue weighted by Gasteiger charge is -2.09. The van der Waals surface area contributed by atoms with Crippen molar-refractivity contribution in [2.75, 3.05) is 6.54 Å². The first-order valence-corrected chi connectivity index (χ1v) is 9.59. The van der Waals surface area contributed by atoms with E-state index in [1.165, 1.54) is 0 Å². The first-order chi connectivity index (χ1) is 14.1. The molecule has 0 aliphatic carbocycles. The molecule has 29 heavy (non-hydrogen) atoms. The summed E-state index contributed by atoms with van der Waals surface area (Å²) in [6.07, 6.45) is 2.37. The summed E-state index contributed by atoms with van der Waals surface area (Å²) in [5.74, 6) is 1.12. The highest BCUT2D eigenvalue weighted by Gasteiger charge is 2.20. The molecule has 7 heteroatoms. The number of aromatic nitrogens is 3. The molecule has 3 aromatic heterocycles. The maximum Gasteiger partial charge on any atom is 0.270 e. The van der Waals surface area contributed by atoms with Crippen LogP contribution in [-0.2, 0) is 6.42 Å². The maximum absolute atomic E-state index is 12.9. The summed E-state index contributed by atoms with van der Waals surface area (Å²) < 4.78 is 7.22. The fraction of sp³-hybridized carbons (Fsp3) is 0.136. The average molecular weight is 407 g/mol. The summed E-state index contributed by atoms with van der Waals surface area (Å²) in [6, 6.07) is 18.4. The fourth-order valence-electron chi connectivity index (χ4n) is 2.98. The predicted octanol–water partition coefficient (Wildman–Crippen LogP) is 4.46. The van der Waals surface area contributed by atoms with Crippen LogP contribution in [0.15, 0.2) is 71.3 Å². The Labute approximate surface area is 173 Å². The summed E-state index contributed by atoms with van der Waals surface area (Å²) in [7, 11) is 0. The lowest BCUT2D eigenvalue weighted by Crippen LogP contribution is -2.28. The highest BCUT2D eigenvalue weighted by molar-refractivity contribution is 6.32. The van der Waals surface area contributed by atoms with E-state index in [0.29, 0.717) is 40.8 Å². The van der Waals surface area contributed by atoms with Crippen molar-refractivity contribution in [1.29, 1.82) is 0 Å². The molecule has 6 nitrogen and oxygen atoms in total. The minimum Gasteiger partial charge on any atom is -0.460 e. The minimum atomic E-state index is -0.247. The number of benzene rings is 1. The number of nitrogens with zero attached hydrogens (tertiary/aromatic N) is 3. The zero-order valence-electron chi connectivity index (χ0n) is 15.8. The van der Waals surface area contributed by atoms with E-state index in [4.69, 9.17) is 16.0 Å². The molecule has 0 aliphatic rings. The molecular formula is C22H19ClN4O2. The summed E-state index contributed by atoms with van der Waals surface area (Å²) in [6.45, 7) is 2.32. The first kappa shape index (κ1) is 19.0. The predicted molar refractivity (Wildman–Crippen MR) is 111 cm³/mol. The Morgan fingerprint density at radius 1 is 1.14 bits per heavy atom. The number of carbonyl (C=O) groups is 1. The highest BCUT2D eigenvalue weighted by Crippen LogP contribution is 2.26. The Hall–Kier alpha value is -3.38. The number of rotatable bonds is 6. The number of halogens is 1. The van der Waals surface area contributed by atoms with E-state index in [1.807, 2.05) is 55.5 Å². The Morgan fingerprint density at radius 2 is 1.97 bits per heavy atom. The van der Waals surface area contributed by atoms with Crippen LogP contribution in [0.2, 0.25) is 5.02 Å². The van der Waals surface area contributed by atoms with Crippen LogP contribution in [0.5, 0.6) is 0 Å². The van der Waals surface area contributed by atoms with Crippen LogP contribution < -0.4 is 5.32 Å². The van der Waals surface area contributed by atoms with Gasteiger partial charge in [-0.15, -0.1) is 0 Å². The number of amides is 1. The van der Waals surface area contributed by atoms with Crippen LogP contribution in [0.25, 0.3) is 17.1 Å². The van der Waals surface area contributed by atoms with Crippen LogP contribution in [0.1, 0.15) is 21.9 Å². The van der Waals surface area contributed by atoms with E-state index in [-0.39, 0.29) is 5.91 Å². The van der Waals surface area contributed by atoms with Gasteiger partial charge in [-0.25, -0.2) is 4.68 Å². The summed E-state index contributed by atoms with van der Waals surface area (Å²) in [5.41, 5.74) is 2.48. The topological polar surface area (TPSA) is 73.0 Å². The third kappa shape index (κ3) is 4.22. The van der Waals surface area contributed by atoms with Crippen molar-refractivity contribution < 1.29 is 9.21 Å². The van der Waals surface area contributed by atoms with Crippen LogP contribution in [0.4, 0.5) is 0 Å². The van der Waals surface area contributed by atoms with Crippen LogP contribution >= 0.6 is 11.6 Å². The quantitative estimate of drug-likeness (QED) is 0.513. The fourth-order valence-corrected chi connectivity index (χ4v) is 3.20. The van der Waals surface area contributed by atoms with Crippen LogP contribution in [0, 0.1) is 6.92 Å². The normalized spacial score (nSPS) is 10.8. The molecule has 0 bridgehead atoms. The van der Waals surface area contributed by atoms with Gasteiger partial charge in [-0.05, 0) is 43.3 Å². The van der Waals surface area contributed by atoms with E-state index in [0.717, 1.165) is 11.5 Å². The van der Waals surface area contributed by atoms with Gasteiger partial charge in [0.15, 0.2) is 5.76 Å². The molecule has 4 rings (SSSR count). The van der Waals surface area contributed by atoms with E-state index < -0.39 is 0 Å². The lowest BCUT2D eigenvalue weighted by molar-refractivity contribution is 0.0946. The molecule has 0 spiro atoms. The van der Waals surface area contributed by atoms with Crippen molar-refractivity contribution >= 4 is 17.5 Å². The van der Waals surface area contributed by atoms with Crippen molar-refractivity contribution in [3.63, 3.8) is 0 Å². The Kier molecular flexibility index (Phi) is 5.44. The van der Waals surface area contributed by atoms with Crippen molar-refractivity contribution in [3.05, 3.63) is 89.0 Å². The number of furan rings is 1. The van der Waals surface area contributed by atoms with Gasteiger partial charge in [0.05, 0.1) is 10.7 Å². The van der Waals surface area contributed by atoms with Crippen molar-refractivity contribution in [2.45, 2.75) is 13.3 Å². The second-order valence-corrected chi connectivity index (χ2v) is 6.92. The van der Waals surface area contributed by atoms with Crippen LogP contribution in [-0.4, -0.2) is 27.2 Å². The largest absolute Gasteiger partial charge is 0.460 e. The number of nitrogens with one attached hydrogen (secondary N) is 1. The van der Waals surface area contributed by atoms with E-state index in [9.17, 15) is 4.79 Å². The first-order valence-electron chi connectivity index (χ1n) is 9.22. The molecular weight excluding hydrogens is 388 g/mol. The van der Waals surface area contributed by atoms with Crippen molar-refractivity contribution in [1.82, 2.24) is 20.1 Å². The minimum absolute atomic E-state index is 0.247. The van der Waals surface area contributed by atoms with Gasteiger partial charge in [-0.1, -0.05) is 29.8 Å². The zero-order valence-corrected chi connectivity index (χ0v) is 16.6. The zero-order chi connectivity index (χ0) is 20.2. The van der Waals surface area contributed by atoms with Crippen molar-refractivity contribution in [2.24, 2.45) is 0 Å². The number of para-hydroxylation sites is 1. The van der Waals surface area contributed by atoms with Crippen molar-refractivity contribution in [3.8, 4) is 17.1 Å². The van der Waals surface area contributed by atoms with Gasteiger partial charge < -0.3 is 9.73 Å². The molecule has 0 saturated carbocycles. The van der Waals surface area contributed by atoms with Gasteiger partial charge in [0.2, 0.25) is 0 Å². The number of pyridine rings is 1. The molecule has 146 valence electrons. The second kappa shape index (κ2) is 8.32. The lowest BCUT2D eigenvalue weighted by atomic mass is 10.2. The number of carbonyl (C=O) groups excluding carboxylic acids is 1. The molecule has 0 unspecified atom stereocenters. The highest BCUT2D eigenvalue weighted by atomic mass is 35.5. The van der Waals surface area contributed by atoms with Gasteiger partial charge in [-0.2, -0.15) is 5.10 Å². The Bertz CT molecular complexity index is 1130. The molecule has 4 aromatic rings. The van der Waals surface area contributed by atoms with Gasteiger partial charge >= 0.3 is 0 Å². The smallest absolute Gasteiger partial charge is 0.270 e. The van der Waals surface area contributed by atoms with Gasteiger partial charge in [0.1, 0.15) is 17.1 Å². The molecule has 0 fully saturated rings. The van der Waals surface area contributed by atoms with E-state index >= 15 is 0 Å². The third-order valence-electron chi connectivity index (χ3n) is 4.41. The summed E-state index contributed by atoms with van der Waals surface area (Å²) in [5, 5.41) is 8.01. The number of hydrogen-bond donors (Lipinski definition) is 1. The average Bonchev–Trinajstić information content (AvgIpc) is 3.36. The Balaban J connectivity index is 1.62. The molecule has 1 amide bonds. The van der Waals surface area contributed by atoms with Gasteiger partial charge in [0.25, 0.3) is 5.91 Å². The summed E-state index contributed by atoms with van der Waals surface area (Å²) in [4.78, 5) is 17.2. The van der Waals surface area contributed by atoms with E-state index in [1.54, 1.807) is 23.0 Å². The molecule has 0 aliphatic heterocycles. The third-order valence-corrected chi connectivity index (χ3v) is 4.73. The van der Waals surface area contributed by atoms with Gasteiger partial charge in [-0.3, -0.25) is 9.78 Å². The van der Waals surface area contributed by atoms with Crippen LogP contribution in [0.3, 0.4) is 0 Å². The molecule has 0 radical (unpaired) electrons. The molecule has 3 heterocycles. The number of aryl methyl sites for hydroxylation is 1. The second-order valence-electron chi connectivity index (χ2n) is 6.52. The summed E-state index contributed by atoms with van der Waals surface area (Å²) >= 11 is 6.35. The number of hydrogen-bond acceptors (Lipinski definition) is 4. The Morgan fingerprint density at radius 3 is 2.69 bits per heavy atom. The maximum atomic E-state index is 12.9. The molecule has 0 saturated heterocycles. The van der Waals surface area contributed by atoms with Gasteiger partial charge in [0, 0.05) is 30.9 Å². The molecule has 1 aromatic carbocycles.